The molecule has 1 aliphatic rings. The first-order valence-electron chi connectivity index (χ1n) is 10.3. The van der Waals surface area contributed by atoms with Gasteiger partial charge in [-0.1, -0.05) is 42.5 Å². The second-order valence-corrected chi connectivity index (χ2v) is 7.75. The molecule has 3 aromatic rings. The molecule has 1 saturated heterocycles. The van der Waals surface area contributed by atoms with E-state index < -0.39 is 29.9 Å². The molecule has 0 radical (unpaired) electrons. The van der Waals surface area contributed by atoms with Gasteiger partial charge in [0.25, 0.3) is 11.5 Å². The van der Waals surface area contributed by atoms with E-state index >= 15 is 0 Å². The van der Waals surface area contributed by atoms with Gasteiger partial charge in [-0.05, 0) is 31.5 Å². The summed E-state index contributed by atoms with van der Waals surface area (Å²) >= 11 is 0. The largest absolute Gasteiger partial charge is 0.334 e. The Hall–Kier alpha value is -4.01. The number of carbonyl (C=O) groups excluding carboxylic acids is 3. The van der Waals surface area contributed by atoms with Crippen molar-refractivity contribution in [2.75, 3.05) is 13.1 Å². The van der Waals surface area contributed by atoms with E-state index in [1.165, 1.54) is 4.90 Å². The van der Waals surface area contributed by atoms with Gasteiger partial charge in [0.15, 0.2) is 0 Å². The number of aromatic nitrogens is 2. The summed E-state index contributed by atoms with van der Waals surface area (Å²) in [7, 11) is 0. The molecule has 1 fully saturated rings. The monoisotopic (exact) mass is 433 g/mol. The molecule has 0 saturated carbocycles. The highest BCUT2D eigenvalue weighted by Crippen LogP contribution is 2.28. The third kappa shape index (κ3) is 3.73. The van der Waals surface area contributed by atoms with Crippen molar-refractivity contribution in [1.82, 2.24) is 25.1 Å². The lowest BCUT2D eigenvalue weighted by atomic mass is 9.92. The lowest BCUT2D eigenvalue weighted by Crippen LogP contribution is -2.44. The zero-order chi connectivity index (χ0) is 22.9. The van der Waals surface area contributed by atoms with Crippen LogP contribution in [-0.4, -0.2) is 50.7 Å². The molecule has 164 valence electrons. The van der Waals surface area contributed by atoms with E-state index in [1.54, 1.807) is 62.4 Å². The predicted molar refractivity (Wildman–Crippen MR) is 117 cm³/mol. The maximum Gasteiger partial charge on any atom is 0.325 e. The number of fused-ring (bicyclic) bond motifs is 1. The van der Waals surface area contributed by atoms with Gasteiger partial charge in [0.2, 0.25) is 5.91 Å². The number of likely N-dealkylation sites (N-methyl/N-ethyl adjacent to an activating group) is 1. The number of urea groups is 1. The predicted octanol–water partition coefficient (Wildman–Crippen LogP) is 1.74. The maximum absolute atomic E-state index is 13.0. The second kappa shape index (κ2) is 8.26. The molecule has 32 heavy (non-hydrogen) atoms. The number of nitrogens with zero attached hydrogens (tertiary/aromatic N) is 3. The van der Waals surface area contributed by atoms with Gasteiger partial charge in [-0.2, -0.15) is 0 Å². The van der Waals surface area contributed by atoms with Crippen LogP contribution in [0.25, 0.3) is 10.9 Å². The summed E-state index contributed by atoms with van der Waals surface area (Å²) in [6, 6.07) is 15.2. The van der Waals surface area contributed by atoms with Crippen molar-refractivity contribution in [3.8, 4) is 0 Å². The zero-order valence-corrected chi connectivity index (χ0v) is 17.8. The lowest BCUT2D eigenvalue weighted by molar-refractivity contribution is -0.139. The first-order valence-corrected chi connectivity index (χ1v) is 10.3. The van der Waals surface area contributed by atoms with E-state index in [0.29, 0.717) is 28.8 Å². The van der Waals surface area contributed by atoms with Gasteiger partial charge in [-0.15, -0.1) is 0 Å². The van der Waals surface area contributed by atoms with Crippen molar-refractivity contribution < 1.29 is 14.4 Å². The van der Waals surface area contributed by atoms with Gasteiger partial charge in [-0.3, -0.25) is 19.3 Å². The standard InChI is InChI=1S/C23H23N5O4/c1-3-27(13-18-24-17-12-8-7-11-16(17)20(30)25-18)19(29)14-28-21(31)23(2,26-22(28)32)15-9-5-4-6-10-15/h4-12H,3,13-14H2,1-2H3,(H,26,32)(H,24,25,30). The highest BCUT2D eigenvalue weighted by molar-refractivity contribution is 6.09. The number of amides is 4. The Morgan fingerprint density at radius 2 is 1.75 bits per heavy atom. The number of para-hydroxylation sites is 1. The highest BCUT2D eigenvalue weighted by Gasteiger charge is 2.49. The van der Waals surface area contributed by atoms with Crippen LogP contribution in [-0.2, 0) is 21.7 Å². The number of aromatic amines is 1. The van der Waals surface area contributed by atoms with Crippen molar-refractivity contribution >= 4 is 28.7 Å². The van der Waals surface area contributed by atoms with Crippen molar-refractivity contribution in [2.24, 2.45) is 0 Å². The number of hydrogen-bond donors (Lipinski definition) is 2. The number of rotatable bonds is 6. The van der Waals surface area contributed by atoms with Crippen LogP contribution >= 0.6 is 0 Å². The van der Waals surface area contributed by atoms with Crippen LogP contribution in [0.4, 0.5) is 4.79 Å². The van der Waals surface area contributed by atoms with E-state index in [1.807, 2.05) is 6.07 Å². The minimum absolute atomic E-state index is 0.0506. The fourth-order valence-electron chi connectivity index (χ4n) is 3.81. The Balaban J connectivity index is 1.52. The summed E-state index contributed by atoms with van der Waals surface area (Å²) in [5.41, 5.74) is -0.358. The maximum atomic E-state index is 13.0. The third-order valence-electron chi connectivity index (χ3n) is 5.66. The molecule has 9 nitrogen and oxygen atoms in total. The Labute approximate surface area is 184 Å². The van der Waals surface area contributed by atoms with Crippen molar-refractivity contribution in [3.05, 3.63) is 76.3 Å². The molecule has 0 aliphatic carbocycles. The van der Waals surface area contributed by atoms with E-state index in [2.05, 4.69) is 15.3 Å². The minimum atomic E-state index is -1.24. The SMILES string of the molecule is CCN(Cc1nc2ccccc2c(=O)[nH]1)C(=O)CN1C(=O)NC(C)(c2ccccc2)C1=O. The lowest BCUT2D eigenvalue weighted by Gasteiger charge is -2.24. The summed E-state index contributed by atoms with van der Waals surface area (Å²) in [5.74, 6) is -0.588. The summed E-state index contributed by atoms with van der Waals surface area (Å²) in [6.45, 7) is 3.36. The summed E-state index contributed by atoms with van der Waals surface area (Å²) in [5, 5.41) is 3.16. The van der Waals surface area contributed by atoms with E-state index in [4.69, 9.17) is 0 Å². The summed E-state index contributed by atoms with van der Waals surface area (Å²) < 4.78 is 0. The molecule has 4 rings (SSSR count). The highest BCUT2D eigenvalue weighted by atomic mass is 16.2. The van der Waals surface area contributed by atoms with Gasteiger partial charge in [-0.25, -0.2) is 9.78 Å². The van der Waals surface area contributed by atoms with Gasteiger partial charge >= 0.3 is 6.03 Å². The average molecular weight is 433 g/mol. The smallest absolute Gasteiger partial charge is 0.325 e. The Kier molecular flexibility index (Phi) is 5.48. The number of nitrogens with one attached hydrogen (secondary N) is 2. The molecule has 0 spiro atoms. The molecule has 4 amide bonds. The van der Waals surface area contributed by atoms with Crippen molar-refractivity contribution in [3.63, 3.8) is 0 Å². The van der Waals surface area contributed by atoms with Gasteiger partial charge in [0.05, 0.1) is 17.4 Å². The fourth-order valence-corrected chi connectivity index (χ4v) is 3.81. The number of benzene rings is 2. The number of imide groups is 1. The molecule has 1 aliphatic heterocycles. The molecule has 0 bridgehead atoms. The van der Waals surface area contributed by atoms with Gasteiger partial charge < -0.3 is 15.2 Å². The molecule has 2 N–H and O–H groups in total. The molecular weight excluding hydrogens is 410 g/mol. The number of H-pyrrole nitrogens is 1. The Bertz CT molecular complexity index is 1260. The quantitative estimate of drug-likeness (QED) is 0.575. The number of carbonyl (C=O) groups is 3. The average Bonchev–Trinajstić information content (AvgIpc) is 3.02. The Morgan fingerprint density at radius 1 is 1.06 bits per heavy atom. The molecule has 1 aromatic heterocycles. The first-order chi connectivity index (χ1) is 15.3. The molecule has 1 atom stereocenters. The molecular formula is C23H23N5O4. The molecule has 1 unspecified atom stereocenters. The van der Waals surface area contributed by atoms with Gasteiger partial charge in [0.1, 0.15) is 17.9 Å². The van der Waals surface area contributed by atoms with Crippen LogP contribution in [0.1, 0.15) is 25.2 Å². The van der Waals surface area contributed by atoms with Crippen LogP contribution in [0.3, 0.4) is 0 Å². The van der Waals surface area contributed by atoms with Gasteiger partial charge in [0, 0.05) is 6.54 Å². The van der Waals surface area contributed by atoms with Crippen LogP contribution < -0.4 is 10.9 Å². The Morgan fingerprint density at radius 3 is 2.47 bits per heavy atom. The van der Waals surface area contributed by atoms with E-state index in [0.717, 1.165) is 4.90 Å². The normalized spacial score (nSPS) is 18.1. The molecule has 9 heteroatoms. The molecule has 2 heterocycles. The van der Waals surface area contributed by atoms with Crippen LogP contribution in [0, 0.1) is 0 Å². The van der Waals surface area contributed by atoms with Crippen LogP contribution in [0.15, 0.2) is 59.4 Å². The first kappa shape index (κ1) is 21.2. The van der Waals surface area contributed by atoms with E-state index in [-0.39, 0.29) is 12.1 Å². The van der Waals surface area contributed by atoms with Crippen LogP contribution in [0.2, 0.25) is 0 Å². The third-order valence-corrected chi connectivity index (χ3v) is 5.66. The minimum Gasteiger partial charge on any atom is -0.334 e. The van der Waals surface area contributed by atoms with Crippen molar-refractivity contribution in [2.45, 2.75) is 25.9 Å². The van der Waals surface area contributed by atoms with Crippen LogP contribution in [0.5, 0.6) is 0 Å². The zero-order valence-electron chi connectivity index (χ0n) is 17.8. The topological polar surface area (TPSA) is 115 Å². The van der Waals surface area contributed by atoms with Crippen molar-refractivity contribution in [1.29, 1.82) is 0 Å². The summed E-state index contributed by atoms with van der Waals surface area (Å²) in [6.07, 6.45) is 0. The second-order valence-electron chi connectivity index (χ2n) is 7.75. The number of hydrogen-bond acceptors (Lipinski definition) is 5. The molecule has 2 aromatic carbocycles. The fraction of sp³-hybridized carbons (Fsp3) is 0.261. The van der Waals surface area contributed by atoms with E-state index in [9.17, 15) is 19.2 Å². The summed E-state index contributed by atoms with van der Waals surface area (Å²) in [4.78, 5) is 60.3.